The van der Waals surface area contributed by atoms with E-state index in [9.17, 15) is 4.79 Å². The number of H-pyrrole nitrogens is 1. The van der Waals surface area contributed by atoms with E-state index in [0.29, 0.717) is 5.92 Å². The largest absolute Gasteiger partial charge is 0.359 e. The molecule has 2 N–H and O–H groups in total. The molecule has 4 heteroatoms. The number of fused-ring (bicyclic) bond motifs is 2. The summed E-state index contributed by atoms with van der Waals surface area (Å²) in [5.74, 6) is 0.667. The van der Waals surface area contributed by atoms with Crippen LogP contribution >= 0.6 is 0 Å². The van der Waals surface area contributed by atoms with Crippen molar-refractivity contribution in [3.05, 3.63) is 52.3 Å². The maximum Gasteiger partial charge on any atom is 0.256 e. The van der Waals surface area contributed by atoms with Crippen molar-refractivity contribution in [2.75, 3.05) is 25.0 Å². The summed E-state index contributed by atoms with van der Waals surface area (Å²) < 4.78 is 0. The Morgan fingerprint density at radius 3 is 2.86 bits per heavy atom. The molecule has 5 rings (SSSR count). The van der Waals surface area contributed by atoms with Crippen molar-refractivity contribution in [1.29, 1.82) is 0 Å². The third kappa shape index (κ3) is 3.66. The normalized spacial score (nSPS) is 22.7. The van der Waals surface area contributed by atoms with Gasteiger partial charge < -0.3 is 15.2 Å². The lowest BCUT2D eigenvalue weighted by atomic mass is 9.85. The topological polar surface area (TPSA) is 48.1 Å². The highest BCUT2D eigenvalue weighted by atomic mass is 16.2. The van der Waals surface area contributed by atoms with Crippen LogP contribution in [0, 0.1) is 0 Å². The molecule has 1 saturated heterocycles. The summed E-state index contributed by atoms with van der Waals surface area (Å²) in [4.78, 5) is 18.8. The molecule has 1 aliphatic carbocycles. The molecule has 0 bridgehead atoms. The van der Waals surface area contributed by atoms with E-state index in [2.05, 4.69) is 52.5 Å². The van der Waals surface area contributed by atoms with E-state index in [1.54, 1.807) is 0 Å². The number of likely N-dealkylation sites (tertiary alicyclic amines) is 1. The van der Waals surface area contributed by atoms with Crippen LogP contribution < -0.4 is 5.32 Å². The number of hydrogen-bond donors (Lipinski definition) is 2. The van der Waals surface area contributed by atoms with Crippen molar-refractivity contribution in [3.63, 3.8) is 0 Å². The smallest absolute Gasteiger partial charge is 0.256 e. The predicted octanol–water partition coefficient (Wildman–Crippen LogP) is 4.98. The first-order chi connectivity index (χ1) is 14.2. The van der Waals surface area contributed by atoms with E-state index < -0.39 is 0 Å². The number of anilines is 1. The van der Waals surface area contributed by atoms with Gasteiger partial charge in [-0.2, -0.15) is 0 Å². The Bertz CT molecular complexity index is 949. The third-order valence-electron chi connectivity index (χ3n) is 6.95. The highest BCUT2D eigenvalue weighted by Crippen LogP contribution is 2.37. The molecule has 0 saturated carbocycles. The first-order valence-corrected chi connectivity index (χ1v) is 11.3. The van der Waals surface area contributed by atoms with Crippen LogP contribution in [0.5, 0.6) is 0 Å². The molecular formula is C25H31N3O. The number of rotatable bonds is 5. The molecule has 1 fully saturated rings. The lowest BCUT2D eigenvalue weighted by molar-refractivity contribution is -0.110. The van der Waals surface area contributed by atoms with Crippen LogP contribution in [0.3, 0.4) is 0 Å². The number of aromatic nitrogens is 1. The summed E-state index contributed by atoms with van der Waals surface area (Å²) in [5, 5.41) is 3.04. The van der Waals surface area contributed by atoms with Gasteiger partial charge in [0.25, 0.3) is 5.91 Å². The molecule has 3 heterocycles. The number of carbonyl (C=O) groups excluding carboxylic acids is 1. The highest BCUT2D eigenvalue weighted by molar-refractivity contribution is 6.34. The number of amides is 1. The summed E-state index contributed by atoms with van der Waals surface area (Å²) in [7, 11) is 0. The standard InChI is InChI=1S/C25H31N3O/c1-2-18-6-5-7-23-20(18)15-19(26-23)16-22-21-14-17(8-9-24(21)27-25(22)29)10-13-28-11-3-4-12-28/h8-9,14-16,18,26H,2-7,10-13H2,1H3,(H,27,29). The van der Waals surface area contributed by atoms with E-state index in [4.69, 9.17) is 0 Å². The van der Waals surface area contributed by atoms with Gasteiger partial charge in [-0.05, 0) is 99.4 Å². The molecule has 1 unspecified atom stereocenters. The number of nitrogens with one attached hydrogen (secondary N) is 2. The summed E-state index contributed by atoms with van der Waals surface area (Å²) in [6.45, 7) is 5.84. The van der Waals surface area contributed by atoms with Gasteiger partial charge in [-0.3, -0.25) is 4.79 Å². The van der Waals surface area contributed by atoms with Gasteiger partial charge in [0.05, 0.1) is 5.57 Å². The molecule has 1 amide bonds. The summed E-state index contributed by atoms with van der Waals surface area (Å²) in [5.41, 5.74) is 7.99. The van der Waals surface area contributed by atoms with Gasteiger partial charge in [0, 0.05) is 29.2 Å². The van der Waals surface area contributed by atoms with Crippen molar-refractivity contribution in [3.8, 4) is 0 Å². The Balaban J connectivity index is 1.41. The number of benzene rings is 1. The number of hydrogen-bond acceptors (Lipinski definition) is 2. The van der Waals surface area contributed by atoms with Crippen molar-refractivity contribution < 1.29 is 4.79 Å². The average molecular weight is 390 g/mol. The predicted molar refractivity (Wildman–Crippen MR) is 119 cm³/mol. The zero-order valence-electron chi connectivity index (χ0n) is 17.4. The molecular weight excluding hydrogens is 358 g/mol. The van der Waals surface area contributed by atoms with E-state index >= 15 is 0 Å². The Hall–Kier alpha value is -2.33. The Labute approximate surface area is 173 Å². The van der Waals surface area contributed by atoms with Crippen LogP contribution in [0.2, 0.25) is 0 Å². The van der Waals surface area contributed by atoms with E-state index in [-0.39, 0.29) is 5.91 Å². The minimum atomic E-state index is 0.0105. The summed E-state index contributed by atoms with van der Waals surface area (Å²) in [6, 6.07) is 8.72. The molecule has 0 spiro atoms. The fourth-order valence-electron chi connectivity index (χ4n) is 5.27. The number of aryl methyl sites for hydroxylation is 1. The third-order valence-corrected chi connectivity index (χ3v) is 6.95. The van der Waals surface area contributed by atoms with Gasteiger partial charge >= 0.3 is 0 Å². The average Bonchev–Trinajstić information content (AvgIpc) is 3.45. The van der Waals surface area contributed by atoms with Crippen molar-refractivity contribution >= 4 is 23.2 Å². The van der Waals surface area contributed by atoms with E-state index in [1.807, 2.05) is 0 Å². The fraction of sp³-hybridized carbons (Fsp3) is 0.480. The second kappa shape index (κ2) is 7.83. The van der Waals surface area contributed by atoms with Crippen LogP contribution in [0.25, 0.3) is 11.6 Å². The van der Waals surface area contributed by atoms with Gasteiger partial charge in [0.2, 0.25) is 0 Å². The lowest BCUT2D eigenvalue weighted by Gasteiger charge is -2.20. The van der Waals surface area contributed by atoms with Crippen LogP contribution in [-0.2, 0) is 17.6 Å². The fourth-order valence-corrected chi connectivity index (χ4v) is 5.27. The highest BCUT2D eigenvalue weighted by Gasteiger charge is 2.26. The van der Waals surface area contributed by atoms with Crippen molar-refractivity contribution in [2.45, 2.75) is 57.8 Å². The SMILES string of the molecule is CCC1CCCc2[nH]c(C=C3C(=O)Nc4ccc(CCN5CCCC5)cc43)cc21. The minimum absolute atomic E-state index is 0.0105. The van der Waals surface area contributed by atoms with Crippen LogP contribution in [0.1, 0.15) is 73.0 Å². The second-order valence-corrected chi connectivity index (χ2v) is 8.85. The van der Waals surface area contributed by atoms with Crippen LogP contribution in [0.15, 0.2) is 24.3 Å². The van der Waals surface area contributed by atoms with Crippen molar-refractivity contribution in [1.82, 2.24) is 9.88 Å². The molecule has 0 radical (unpaired) electrons. The maximum atomic E-state index is 12.7. The van der Waals surface area contributed by atoms with E-state index in [0.717, 1.165) is 41.9 Å². The van der Waals surface area contributed by atoms with Gasteiger partial charge in [-0.15, -0.1) is 0 Å². The first kappa shape index (κ1) is 18.7. The monoisotopic (exact) mass is 389 g/mol. The molecule has 4 nitrogen and oxygen atoms in total. The molecule has 1 atom stereocenters. The van der Waals surface area contributed by atoms with Crippen LogP contribution in [-0.4, -0.2) is 35.4 Å². The molecule has 152 valence electrons. The number of nitrogens with zero attached hydrogens (tertiary/aromatic N) is 1. The Kier molecular flexibility index (Phi) is 5.04. The molecule has 1 aromatic heterocycles. The van der Waals surface area contributed by atoms with Gasteiger partial charge in [-0.25, -0.2) is 0 Å². The number of carbonyl (C=O) groups is 1. The first-order valence-electron chi connectivity index (χ1n) is 11.3. The van der Waals surface area contributed by atoms with Crippen molar-refractivity contribution in [2.24, 2.45) is 0 Å². The van der Waals surface area contributed by atoms with Gasteiger partial charge in [0.15, 0.2) is 0 Å². The zero-order chi connectivity index (χ0) is 19.8. The number of aromatic amines is 1. The minimum Gasteiger partial charge on any atom is -0.359 e. The lowest BCUT2D eigenvalue weighted by Crippen LogP contribution is -2.21. The molecule has 29 heavy (non-hydrogen) atoms. The van der Waals surface area contributed by atoms with Crippen LogP contribution in [0.4, 0.5) is 5.69 Å². The molecule has 2 aromatic rings. The second-order valence-electron chi connectivity index (χ2n) is 8.85. The Morgan fingerprint density at radius 1 is 1.17 bits per heavy atom. The zero-order valence-corrected chi connectivity index (χ0v) is 17.4. The molecule has 3 aliphatic rings. The van der Waals surface area contributed by atoms with E-state index in [1.165, 1.54) is 62.0 Å². The van der Waals surface area contributed by atoms with Gasteiger partial charge in [-0.1, -0.05) is 13.0 Å². The quantitative estimate of drug-likeness (QED) is 0.709. The maximum absolute atomic E-state index is 12.7. The molecule has 2 aliphatic heterocycles. The Morgan fingerprint density at radius 2 is 2.03 bits per heavy atom. The molecule has 1 aromatic carbocycles. The summed E-state index contributed by atoms with van der Waals surface area (Å²) in [6.07, 6.45) is 10.6. The van der Waals surface area contributed by atoms with Gasteiger partial charge in [0.1, 0.15) is 0 Å². The summed E-state index contributed by atoms with van der Waals surface area (Å²) >= 11 is 0.